The maximum atomic E-state index is 12.8. The van der Waals surface area contributed by atoms with Gasteiger partial charge < -0.3 is 14.6 Å². The summed E-state index contributed by atoms with van der Waals surface area (Å²) in [7, 11) is 1.76. The second-order valence-corrected chi connectivity index (χ2v) is 7.53. The number of benzene rings is 1. The molecule has 5 heteroatoms. The van der Waals surface area contributed by atoms with Gasteiger partial charge in [0.25, 0.3) is 5.91 Å². The lowest BCUT2D eigenvalue weighted by atomic mass is 9.68. The molecule has 0 saturated carbocycles. The average molecular weight is 353 g/mol. The van der Waals surface area contributed by atoms with Crippen LogP contribution in [0, 0.1) is 5.92 Å². The van der Waals surface area contributed by atoms with Crippen molar-refractivity contribution in [3.63, 3.8) is 0 Å². The van der Waals surface area contributed by atoms with Crippen molar-refractivity contribution in [2.45, 2.75) is 11.8 Å². The molecule has 2 aromatic rings. The summed E-state index contributed by atoms with van der Waals surface area (Å²) in [6, 6.07) is 14.6. The summed E-state index contributed by atoms with van der Waals surface area (Å²) in [4.78, 5) is 20.4. The van der Waals surface area contributed by atoms with Crippen LogP contribution >= 0.6 is 0 Å². The van der Waals surface area contributed by atoms with Gasteiger partial charge in [0.1, 0.15) is 5.69 Å². The van der Waals surface area contributed by atoms with Crippen LogP contribution in [0.15, 0.2) is 48.7 Å². The standard InChI is InChI=1S/C21H27N3O2/c1-26-13-12-23-14-18-15-24(20(25)19-8-5-10-22-19)11-9-21(18,16-23)17-6-3-2-4-7-17/h2-8,10,18,22H,9,11-16H2,1H3. The van der Waals surface area contributed by atoms with Crippen molar-refractivity contribution in [2.75, 3.05) is 46.4 Å². The lowest BCUT2D eigenvalue weighted by Gasteiger charge is -2.44. The van der Waals surface area contributed by atoms with Crippen LogP contribution in [0.3, 0.4) is 0 Å². The number of ether oxygens (including phenoxy) is 1. The number of piperidine rings is 1. The molecule has 26 heavy (non-hydrogen) atoms. The maximum Gasteiger partial charge on any atom is 0.270 e. The lowest BCUT2D eigenvalue weighted by molar-refractivity contribution is 0.0597. The van der Waals surface area contributed by atoms with E-state index < -0.39 is 0 Å². The highest BCUT2D eigenvalue weighted by Crippen LogP contribution is 2.45. The molecule has 2 atom stereocenters. The number of nitrogens with one attached hydrogen (secondary N) is 1. The second-order valence-electron chi connectivity index (χ2n) is 7.53. The van der Waals surface area contributed by atoms with Gasteiger partial charge in [0, 0.05) is 57.4 Å². The van der Waals surface area contributed by atoms with Crippen LogP contribution in [0.5, 0.6) is 0 Å². The molecular weight excluding hydrogens is 326 g/mol. The van der Waals surface area contributed by atoms with Crippen molar-refractivity contribution >= 4 is 5.91 Å². The smallest absolute Gasteiger partial charge is 0.270 e. The third-order valence-electron chi connectivity index (χ3n) is 6.11. The van der Waals surface area contributed by atoms with Crippen LogP contribution in [-0.2, 0) is 10.2 Å². The van der Waals surface area contributed by atoms with Gasteiger partial charge >= 0.3 is 0 Å². The molecule has 2 aliphatic heterocycles. The predicted molar refractivity (Wildman–Crippen MR) is 101 cm³/mol. The predicted octanol–water partition coefficient (Wildman–Crippen LogP) is 2.38. The zero-order chi connectivity index (χ0) is 18.0. The molecule has 138 valence electrons. The van der Waals surface area contributed by atoms with Gasteiger partial charge in [0.15, 0.2) is 0 Å². The molecule has 1 N–H and O–H groups in total. The van der Waals surface area contributed by atoms with Crippen LogP contribution in [0.4, 0.5) is 0 Å². The summed E-state index contributed by atoms with van der Waals surface area (Å²) in [6.07, 6.45) is 2.82. The first kappa shape index (κ1) is 17.3. The number of aromatic amines is 1. The van der Waals surface area contributed by atoms with Gasteiger partial charge in [-0.2, -0.15) is 0 Å². The largest absolute Gasteiger partial charge is 0.383 e. The third-order valence-corrected chi connectivity index (χ3v) is 6.11. The molecule has 2 unspecified atom stereocenters. The highest BCUT2D eigenvalue weighted by atomic mass is 16.5. The van der Waals surface area contributed by atoms with Crippen LogP contribution in [0.1, 0.15) is 22.5 Å². The van der Waals surface area contributed by atoms with E-state index in [1.807, 2.05) is 23.2 Å². The van der Waals surface area contributed by atoms with Crippen molar-refractivity contribution in [1.82, 2.24) is 14.8 Å². The van der Waals surface area contributed by atoms with E-state index in [1.165, 1.54) is 5.56 Å². The van der Waals surface area contributed by atoms with E-state index in [4.69, 9.17) is 4.74 Å². The number of carbonyl (C=O) groups excluding carboxylic acids is 1. The van der Waals surface area contributed by atoms with Crippen molar-refractivity contribution in [3.8, 4) is 0 Å². The lowest BCUT2D eigenvalue weighted by Crippen LogP contribution is -2.51. The fourth-order valence-corrected chi connectivity index (χ4v) is 4.74. The van der Waals surface area contributed by atoms with Gasteiger partial charge in [0.2, 0.25) is 0 Å². The van der Waals surface area contributed by atoms with E-state index >= 15 is 0 Å². The van der Waals surface area contributed by atoms with Crippen LogP contribution in [0.25, 0.3) is 0 Å². The van der Waals surface area contributed by atoms with Crippen molar-refractivity contribution in [2.24, 2.45) is 5.92 Å². The number of aromatic nitrogens is 1. The number of methoxy groups -OCH3 is 1. The SMILES string of the molecule is COCCN1CC2CN(C(=O)c3ccc[nH]3)CCC2(c2ccccc2)C1. The van der Waals surface area contributed by atoms with Gasteiger partial charge in [-0.1, -0.05) is 30.3 Å². The van der Waals surface area contributed by atoms with E-state index in [9.17, 15) is 4.79 Å². The Morgan fingerprint density at radius 3 is 2.81 bits per heavy atom. The minimum atomic E-state index is 0.118. The number of nitrogens with zero attached hydrogens (tertiary/aromatic N) is 2. The Hall–Kier alpha value is -2.11. The van der Waals surface area contributed by atoms with Crippen molar-refractivity contribution in [3.05, 3.63) is 59.9 Å². The Labute approximate surface area is 154 Å². The van der Waals surface area contributed by atoms with Crippen LogP contribution in [-0.4, -0.2) is 67.1 Å². The molecule has 0 bridgehead atoms. The van der Waals surface area contributed by atoms with Gasteiger partial charge in [0.05, 0.1) is 6.61 Å². The fourth-order valence-electron chi connectivity index (χ4n) is 4.74. The Kier molecular flexibility index (Phi) is 4.83. The van der Waals surface area contributed by atoms with Crippen LogP contribution < -0.4 is 0 Å². The number of hydrogen-bond donors (Lipinski definition) is 1. The summed E-state index contributed by atoms with van der Waals surface area (Å²) >= 11 is 0. The van der Waals surface area contributed by atoms with Gasteiger partial charge in [-0.25, -0.2) is 0 Å². The highest BCUT2D eigenvalue weighted by molar-refractivity contribution is 5.92. The molecule has 2 fully saturated rings. The number of hydrogen-bond acceptors (Lipinski definition) is 3. The molecule has 0 spiro atoms. The quantitative estimate of drug-likeness (QED) is 0.898. The average Bonchev–Trinajstić information content (AvgIpc) is 3.34. The molecule has 2 aliphatic rings. The first-order valence-corrected chi connectivity index (χ1v) is 9.42. The molecule has 3 heterocycles. The molecule has 1 amide bonds. The van der Waals surface area contributed by atoms with E-state index in [0.29, 0.717) is 11.6 Å². The van der Waals surface area contributed by atoms with Crippen molar-refractivity contribution in [1.29, 1.82) is 0 Å². The molecule has 0 radical (unpaired) electrons. The molecule has 0 aliphatic carbocycles. The molecular formula is C21H27N3O2. The first-order chi connectivity index (χ1) is 12.7. The first-order valence-electron chi connectivity index (χ1n) is 9.42. The molecule has 4 rings (SSSR count). The topological polar surface area (TPSA) is 48.6 Å². The summed E-state index contributed by atoms with van der Waals surface area (Å²) in [5, 5.41) is 0. The summed E-state index contributed by atoms with van der Waals surface area (Å²) < 4.78 is 5.29. The Morgan fingerprint density at radius 2 is 2.08 bits per heavy atom. The van der Waals surface area contributed by atoms with Gasteiger partial charge in [-0.15, -0.1) is 0 Å². The van der Waals surface area contributed by atoms with Crippen LogP contribution in [0.2, 0.25) is 0 Å². The Morgan fingerprint density at radius 1 is 1.23 bits per heavy atom. The molecule has 1 aromatic carbocycles. The van der Waals surface area contributed by atoms with E-state index in [1.54, 1.807) is 7.11 Å². The molecule has 2 saturated heterocycles. The highest BCUT2D eigenvalue weighted by Gasteiger charge is 2.50. The fraction of sp³-hybridized carbons (Fsp3) is 0.476. The molecule has 5 nitrogen and oxygen atoms in total. The number of fused-ring (bicyclic) bond motifs is 1. The van der Waals surface area contributed by atoms with E-state index in [2.05, 4.69) is 40.2 Å². The molecule has 1 aromatic heterocycles. The van der Waals surface area contributed by atoms with Crippen molar-refractivity contribution < 1.29 is 9.53 Å². The second kappa shape index (κ2) is 7.25. The number of carbonyl (C=O) groups is 1. The zero-order valence-electron chi connectivity index (χ0n) is 15.4. The van der Waals surface area contributed by atoms with Gasteiger partial charge in [-0.05, 0) is 24.1 Å². The minimum Gasteiger partial charge on any atom is -0.383 e. The third kappa shape index (κ3) is 3.06. The number of H-pyrrole nitrogens is 1. The van der Waals surface area contributed by atoms with E-state index in [0.717, 1.165) is 45.8 Å². The van der Waals surface area contributed by atoms with E-state index in [-0.39, 0.29) is 11.3 Å². The normalized spacial score (nSPS) is 26.0. The summed E-state index contributed by atoms with van der Waals surface area (Å²) in [6.45, 7) is 5.40. The summed E-state index contributed by atoms with van der Waals surface area (Å²) in [5.41, 5.74) is 2.24. The Balaban J connectivity index is 1.57. The number of rotatable bonds is 5. The summed E-state index contributed by atoms with van der Waals surface area (Å²) in [5.74, 6) is 0.571. The number of likely N-dealkylation sites (tertiary alicyclic amines) is 2. The number of amides is 1. The van der Waals surface area contributed by atoms with Gasteiger partial charge in [-0.3, -0.25) is 9.69 Å². The maximum absolute atomic E-state index is 12.8. The Bertz CT molecular complexity index is 731. The minimum absolute atomic E-state index is 0.118. The monoisotopic (exact) mass is 353 g/mol. The zero-order valence-corrected chi connectivity index (χ0v) is 15.4.